The van der Waals surface area contributed by atoms with Gasteiger partial charge in [0.1, 0.15) is 0 Å². The van der Waals surface area contributed by atoms with E-state index in [0.29, 0.717) is 6.04 Å². The molecule has 0 saturated heterocycles. The lowest BCUT2D eigenvalue weighted by Gasteiger charge is -2.13. The highest BCUT2D eigenvalue weighted by Crippen LogP contribution is 2.35. The Labute approximate surface area is 113 Å². The number of benzene rings is 1. The second-order valence-electron chi connectivity index (χ2n) is 5.78. The summed E-state index contributed by atoms with van der Waals surface area (Å²) in [7, 11) is 0. The fourth-order valence-corrected chi connectivity index (χ4v) is 3.10. The molecule has 1 saturated carbocycles. The van der Waals surface area contributed by atoms with Crippen molar-refractivity contribution in [2.24, 2.45) is 0 Å². The van der Waals surface area contributed by atoms with E-state index < -0.39 is 0 Å². The molecule has 0 amide bonds. The second kappa shape index (κ2) is 4.49. The van der Waals surface area contributed by atoms with Crippen LogP contribution in [-0.4, -0.2) is 15.6 Å². The van der Waals surface area contributed by atoms with Crippen molar-refractivity contribution in [1.29, 1.82) is 0 Å². The van der Waals surface area contributed by atoms with Gasteiger partial charge in [-0.15, -0.1) is 0 Å². The summed E-state index contributed by atoms with van der Waals surface area (Å²) in [5, 5.41) is 3.69. The van der Waals surface area contributed by atoms with E-state index in [1.165, 1.54) is 29.7 Å². The number of rotatable bonds is 4. The lowest BCUT2D eigenvalue weighted by atomic mass is 10.1. The summed E-state index contributed by atoms with van der Waals surface area (Å²) >= 11 is 0. The van der Waals surface area contributed by atoms with Gasteiger partial charge in [0.2, 0.25) is 0 Å². The van der Waals surface area contributed by atoms with Crippen LogP contribution in [0.3, 0.4) is 0 Å². The Balaban J connectivity index is 1.40. The molecule has 0 radical (unpaired) electrons. The van der Waals surface area contributed by atoms with E-state index in [1.54, 1.807) is 0 Å². The summed E-state index contributed by atoms with van der Waals surface area (Å²) in [6.45, 7) is 0.940. The Morgan fingerprint density at radius 1 is 1.16 bits per heavy atom. The monoisotopic (exact) mass is 253 g/mol. The van der Waals surface area contributed by atoms with E-state index in [9.17, 15) is 0 Å². The number of nitrogens with one attached hydrogen (secondary N) is 1. The van der Waals surface area contributed by atoms with Crippen molar-refractivity contribution >= 4 is 0 Å². The summed E-state index contributed by atoms with van der Waals surface area (Å²) in [5.74, 6) is 0. The van der Waals surface area contributed by atoms with Crippen molar-refractivity contribution in [2.45, 2.75) is 44.3 Å². The third-order valence-corrected chi connectivity index (χ3v) is 4.31. The standard InChI is InChI=1S/C16H19N3/c1-2-4-13-8-14(7-12(13)3-1)18-10-16-9-17-11-19(16)15-5-6-15/h1-4,9,11,14-15,18H,5-8,10H2. The van der Waals surface area contributed by atoms with Crippen molar-refractivity contribution in [2.75, 3.05) is 0 Å². The minimum atomic E-state index is 0.583. The van der Waals surface area contributed by atoms with Gasteiger partial charge in [0.05, 0.1) is 12.0 Å². The van der Waals surface area contributed by atoms with E-state index in [1.807, 2.05) is 12.5 Å². The van der Waals surface area contributed by atoms with Gasteiger partial charge in [-0.3, -0.25) is 0 Å². The molecule has 0 aliphatic heterocycles. The van der Waals surface area contributed by atoms with Crippen LogP contribution in [0.15, 0.2) is 36.8 Å². The molecule has 0 unspecified atom stereocenters. The molecule has 3 nitrogen and oxygen atoms in total. The molecule has 2 aliphatic rings. The maximum absolute atomic E-state index is 4.29. The number of aromatic nitrogens is 2. The number of hydrogen-bond acceptors (Lipinski definition) is 2. The quantitative estimate of drug-likeness (QED) is 0.907. The van der Waals surface area contributed by atoms with Crippen molar-refractivity contribution < 1.29 is 0 Å². The van der Waals surface area contributed by atoms with Crippen LogP contribution in [0.2, 0.25) is 0 Å². The molecule has 1 N–H and O–H groups in total. The maximum atomic E-state index is 4.29. The molecule has 98 valence electrons. The van der Waals surface area contributed by atoms with Crippen LogP contribution in [0.4, 0.5) is 0 Å². The molecule has 1 aromatic heterocycles. The molecule has 19 heavy (non-hydrogen) atoms. The fraction of sp³-hybridized carbons (Fsp3) is 0.438. The lowest BCUT2D eigenvalue weighted by molar-refractivity contribution is 0.514. The Kier molecular flexibility index (Phi) is 2.66. The van der Waals surface area contributed by atoms with Crippen LogP contribution >= 0.6 is 0 Å². The van der Waals surface area contributed by atoms with E-state index in [0.717, 1.165) is 25.4 Å². The lowest BCUT2D eigenvalue weighted by Crippen LogP contribution is -2.29. The summed E-state index contributed by atoms with van der Waals surface area (Å²) in [6.07, 6.45) is 8.95. The number of imidazole rings is 1. The smallest absolute Gasteiger partial charge is 0.0951 e. The molecule has 1 heterocycles. The topological polar surface area (TPSA) is 29.9 Å². The zero-order valence-corrected chi connectivity index (χ0v) is 11.0. The van der Waals surface area contributed by atoms with Gasteiger partial charge in [-0.05, 0) is 36.8 Å². The number of fused-ring (bicyclic) bond motifs is 1. The molecular weight excluding hydrogens is 234 g/mol. The van der Waals surface area contributed by atoms with Gasteiger partial charge in [0, 0.05) is 24.8 Å². The zero-order chi connectivity index (χ0) is 12.7. The van der Waals surface area contributed by atoms with E-state index >= 15 is 0 Å². The largest absolute Gasteiger partial charge is 0.330 e. The van der Waals surface area contributed by atoms with Gasteiger partial charge in [-0.2, -0.15) is 0 Å². The zero-order valence-electron chi connectivity index (χ0n) is 11.0. The van der Waals surface area contributed by atoms with Crippen LogP contribution in [-0.2, 0) is 19.4 Å². The van der Waals surface area contributed by atoms with Crippen LogP contribution in [0.25, 0.3) is 0 Å². The number of nitrogens with zero attached hydrogens (tertiary/aromatic N) is 2. The first-order valence-corrected chi connectivity index (χ1v) is 7.21. The van der Waals surface area contributed by atoms with Crippen molar-refractivity contribution in [3.63, 3.8) is 0 Å². The predicted molar refractivity (Wildman–Crippen MR) is 75.0 cm³/mol. The molecule has 4 rings (SSSR count). The van der Waals surface area contributed by atoms with Crippen LogP contribution in [0.5, 0.6) is 0 Å². The summed E-state index contributed by atoms with van der Waals surface area (Å²) in [5.41, 5.74) is 4.35. The SMILES string of the molecule is c1ccc2c(c1)CC(NCc1cncn1C1CC1)C2. The summed E-state index contributed by atoms with van der Waals surface area (Å²) < 4.78 is 2.34. The Morgan fingerprint density at radius 3 is 2.58 bits per heavy atom. The molecule has 3 heteroatoms. The molecule has 0 spiro atoms. The molecule has 1 fully saturated rings. The van der Waals surface area contributed by atoms with Gasteiger partial charge in [-0.25, -0.2) is 4.98 Å². The third-order valence-electron chi connectivity index (χ3n) is 4.31. The maximum Gasteiger partial charge on any atom is 0.0951 e. The van der Waals surface area contributed by atoms with Gasteiger partial charge in [0.25, 0.3) is 0 Å². The first-order chi connectivity index (χ1) is 9.40. The average Bonchev–Trinajstić information content (AvgIpc) is 3.03. The van der Waals surface area contributed by atoms with E-state index in [2.05, 4.69) is 39.1 Å². The highest BCUT2D eigenvalue weighted by atomic mass is 15.1. The Hall–Kier alpha value is -1.61. The minimum absolute atomic E-state index is 0.583. The minimum Gasteiger partial charge on any atom is -0.330 e. The Bertz CT molecular complexity index is 558. The van der Waals surface area contributed by atoms with Crippen molar-refractivity contribution in [1.82, 2.24) is 14.9 Å². The summed E-state index contributed by atoms with van der Waals surface area (Å²) in [4.78, 5) is 4.29. The first-order valence-electron chi connectivity index (χ1n) is 7.21. The van der Waals surface area contributed by atoms with Crippen molar-refractivity contribution in [3.05, 3.63) is 53.6 Å². The normalized spacial score (nSPS) is 18.7. The van der Waals surface area contributed by atoms with Crippen LogP contribution in [0.1, 0.15) is 35.7 Å². The molecule has 2 aromatic rings. The third kappa shape index (κ3) is 2.19. The van der Waals surface area contributed by atoms with E-state index in [4.69, 9.17) is 0 Å². The predicted octanol–water partition coefficient (Wildman–Crippen LogP) is 2.48. The average molecular weight is 253 g/mol. The first kappa shape index (κ1) is 11.2. The fourth-order valence-electron chi connectivity index (χ4n) is 3.10. The highest BCUT2D eigenvalue weighted by Gasteiger charge is 2.26. The van der Waals surface area contributed by atoms with Crippen LogP contribution in [0, 0.1) is 0 Å². The van der Waals surface area contributed by atoms with Gasteiger partial charge in [-0.1, -0.05) is 24.3 Å². The highest BCUT2D eigenvalue weighted by molar-refractivity contribution is 5.33. The van der Waals surface area contributed by atoms with E-state index in [-0.39, 0.29) is 0 Å². The molecular formula is C16H19N3. The Morgan fingerprint density at radius 2 is 1.89 bits per heavy atom. The molecule has 0 bridgehead atoms. The van der Waals surface area contributed by atoms with Crippen molar-refractivity contribution in [3.8, 4) is 0 Å². The van der Waals surface area contributed by atoms with Gasteiger partial charge >= 0.3 is 0 Å². The molecule has 1 aromatic carbocycles. The van der Waals surface area contributed by atoms with Gasteiger partial charge < -0.3 is 9.88 Å². The molecule has 2 aliphatic carbocycles. The summed E-state index contributed by atoms with van der Waals surface area (Å²) in [6, 6.07) is 10.1. The molecule has 0 atom stereocenters. The second-order valence-corrected chi connectivity index (χ2v) is 5.78. The van der Waals surface area contributed by atoms with Crippen LogP contribution < -0.4 is 5.32 Å². The number of hydrogen-bond donors (Lipinski definition) is 1. The van der Waals surface area contributed by atoms with Gasteiger partial charge in [0.15, 0.2) is 0 Å².